The minimum atomic E-state index is -0.445. The summed E-state index contributed by atoms with van der Waals surface area (Å²) in [6.45, 7) is 0. The summed E-state index contributed by atoms with van der Waals surface area (Å²) in [5.74, 6) is 1.36. The lowest BCUT2D eigenvalue weighted by molar-refractivity contribution is -0.117. The Kier molecular flexibility index (Phi) is 3.41. The van der Waals surface area contributed by atoms with Gasteiger partial charge in [-0.05, 0) is 49.9 Å². The zero-order chi connectivity index (χ0) is 15.9. The van der Waals surface area contributed by atoms with Gasteiger partial charge in [0, 0.05) is 17.2 Å². The summed E-state index contributed by atoms with van der Waals surface area (Å²) in [5, 5.41) is 6.98. The standard InChI is InChI=1S/C17H20N4O2/c18-17(9-1-2-10-17)16-20-15(23-21-16)12-5-7-13(8-6-12)19-14(22)11-3-4-11/h5-8,11H,1-4,9-10,18H2,(H,19,22). The molecule has 1 aromatic heterocycles. The van der Waals surface area contributed by atoms with Crippen LogP contribution in [0.2, 0.25) is 0 Å². The van der Waals surface area contributed by atoms with Gasteiger partial charge in [0.25, 0.3) is 5.89 Å². The van der Waals surface area contributed by atoms with Crippen LogP contribution in [-0.2, 0) is 10.3 Å². The maximum atomic E-state index is 11.7. The van der Waals surface area contributed by atoms with Crippen LogP contribution in [0.3, 0.4) is 0 Å². The van der Waals surface area contributed by atoms with Gasteiger partial charge >= 0.3 is 0 Å². The number of rotatable bonds is 4. The third-order valence-electron chi connectivity index (χ3n) is 4.71. The number of anilines is 1. The van der Waals surface area contributed by atoms with Gasteiger partial charge in [0.15, 0.2) is 5.82 Å². The molecule has 0 saturated heterocycles. The molecule has 1 aromatic carbocycles. The maximum Gasteiger partial charge on any atom is 0.257 e. The molecule has 2 fully saturated rings. The average molecular weight is 312 g/mol. The van der Waals surface area contributed by atoms with E-state index in [9.17, 15) is 4.79 Å². The third kappa shape index (κ3) is 2.86. The SMILES string of the molecule is NC1(c2noc(-c3ccc(NC(=O)C4CC4)cc3)n2)CCCC1. The van der Waals surface area contributed by atoms with E-state index in [2.05, 4.69) is 15.5 Å². The Morgan fingerprint density at radius 1 is 1.22 bits per heavy atom. The molecule has 1 amide bonds. The van der Waals surface area contributed by atoms with E-state index >= 15 is 0 Å². The number of benzene rings is 1. The first-order chi connectivity index (χ1) is 11.1. The van der Waals surface area contributed by atoms with Crippen LogP contribution in [0.4, 0.5) is 5.69 Å². The molecule has 4 rings (SSSR count). The molecule has 6 nitrogen and oxygen atoms in total. The van der Waals surface area contributed by atoms with E-state index < -0.39 is 5.54 Å². The van der Waals surface area contributed by atoms with E-state index in [-0.39, 0.29) is 11.8 Å². The first-order valence-electron chi connectivity index (χ1n) is 8.18. The van der Waals surface area contributed by atoms with Crippen molar-refractivity contribution in [3.63, 3.8) is 0 Å². The fourth-order valence-corrected chi connectivity index (χ4v) is 3.06. The Hall–Kier alpha value is -2.21. The average Bonchev–Trinajstić information content (AvgIpc) is 3.12. The van der Waals surface area contributed by atoms with Crippen LogP contribution < -0.4 is 11.1 Å². The van der Waals surface area contributed by atoms with Gasteiger partial charge in [-0.2, -0.15) is 4.98 Å². The highest BCUT2D eigenvalue weighted by atomic mass is 16.5. The van der Waals surface area contributed by atoms with Crippen molar-refractivity contribution in [3.05, 3.63) is 30.1 Å². The quantitative estimate of drug-likeness (QED) is 0.905. The van der Waals surface area contributed by atoms with Gasteiger partial charge in [-0.3, -0.25) is 4.79 Å². The van der Waals surface area contributed by atoms with E-state index in [1.54, 1.807) is 0 Å². The molecular weight excluding hydrogens is 292 g/mol. The Morgan fingerprint density at radius 2 is 1.91 bits per heavy atom. The Morgan fingerprint density at radius 3 is 2.57 bits per heavy atom. The van der Waals surface area contributed by atoms with Crippen molar-refractivity contribution in [3.8, 4) is 11.5 Å². The number of hydrogen-bond acceptors (Lipinski definition) is 5. The van der Waals surface area contributed by atoms with Gasteiger partial charge in [-0.15, -0.1) is 0 Å². The highest BCUT2D eigenvalue weighted by Crippen LogP contribution is 2.35. The molecule has 2 aromatic rings. The summed E-state index contributed by atoms with van der Waals surface area (Å²) in [4.78, 5) is 16.2. The van der Waals surface area contributed by atoms with E-state index in [1.807, 2.05) is 24.3 Å². The summed E-state index contributed by atoms with van der Waals surface area (Å²) >= 11 is 0. The van der Waals surface area contributed by atoms with Gasteiger partial charge in [0.05, 0.1) is 5.54 Å². The van der Waals surface area contributed by atoms with Gasteiger partial charge in [0.1, 0.15) is 0 Å². The van der Waals surface area contributed by atoms with Crippen molar-refractivity contribution in [2.24, 2.45) is 11.7 Å². The molecule has 23 heavy (non-hydrogen) atoms. The molecule has 6 heteroatoms. The first-order valence-corrected chi connectivity index (χ1v) is 8.18. The topological polar surface area (TPSA) is 94.0 Å². The molecule has 0 spiro atoms. The lowest BCUT2D eigenvalue weighted by Gasteiger charge is -2.17. The van der Waals surface area contributed by atoms with Gasteiger partial charge in [0.2, 0.25) is 5.91 Å². The van der Waals surface area contributed by atoms with Gasteiger partial charge in [-0.25, -0.2) is 0 Å². The number of carbonyl (C=O) groups excluding carboxylic acids is 1. The number of nitrogens with two attached hydrogens (primary N) is 1. The lowest BCUT2D eigenvalue weighted by atomic mass is 9.99. The van der Waals surface area contributed by atoms with Crippen LogP contribution in [0.5, 0.6) is 0 Å². The molecule has 0 unspecified atom stereocenters. The molecule has 2 saturated carbocycles. The second-order valence-corrected chi connectivity index (χ2v) is 6.63. The van der Waals surface area contributed by atoms with Crippen LogP contribution in [0.1, 0.15) is 44.3 Å². The molecule has 0 aliphatic heterocycles. The smallest absolute Gasteiger partial charge is 0.257 e. The maximum absolute atomic E-state index is 11.7. The summed E-state index contributed by atoms with van der Waals surface area (Å²) in [6.07, 6.45) is 6.01. The summed E-state index contributed by atoms with van der Waals surface area (Å²) in [6, 6.07) is 7.45. The molecule has 0 atom stereocenters. The number of carbonyl (C=O) groups is 1. The van der Waals surface area contributed by atoms with E-state index in [0.717, 1.165) is 49.8 Å². The Labute approximate surface area is 134 Å². The molecule has 0 bridgehead atoms. The van der Waals surface area contributed by atoms with Crippen molar-refractivity contribution in [1.29, 1.82) is 0 Å². The van der Waals surface area contributed by atoms with Crippen LogP contribution in [0.15, 0.2) is 28.8 Å². The summed E-state index contributed by atoms with van der Waals surface area (Å²) in [5.41, 5.74) is 7.52. The van der Waals surface area contributed by atoms with Crippen LogP contribution >= 0.6 is 0 Å². The second kappa shape index (κ2) is 5.45. The van der Waals surface area contributed by atoms with E-state index in [4.69, 9.17) is 10.3 Å². The third-order valence-corrected chi connectivity index (χ3v) is 4.71. The number of aromatic nitrogens is 2. The zero-order valence-corrected chi connectivity index (χ0v) is 12.9. The highest BCUT2D eigenvalue weighted by molar-refractivity contribution is 5.94. The largest absolute Gasteiger partial charge is 0.334 e. The van der Waals surface area contributed by atoms with Crippen molar-refractivity contribution in [2.45, 2.75) is 44.1 Å². The van der Waals surface area contributed by atoms with Crippen LogP contribution in [-0.4, -0.2) is 16.0 Å². The van der Waals surface area contributed by atoms with Crippen molar-refractivity contribution < 1.29 is 9.32 Å². The van der Waals surface area contributed by atoms with Crippen LogP contribution in [0.25, 0.3) is 11.5 Å². The molecule has 2 aliphatic rings. The monoisotopic (exact) mass is 312 g/mol. The Balaban J connectivity index is 1.49. The fraction of sp³-hybridized carbons (Fsp3) is 0.471. The molecule has 3 N–H and O–H groups in total. The number of nitrogens with zero attached hydrogens (tertiary/aromatic N) is 2. The Bertz CT molecular complexity index is 712. The normalized spacial score (nSPS) is 19.7. The van der Waals surface area contributed by atoms with Crippen molar-refractivity contribution in [1.82, 2.24) is 10.1 Å². The minimum absolute atomic E-state index is 0.101. The lowest BCUT2D eigenvalue weighted by Crippen LogP contribution is -2.34. The summed E-state index contributed by atoms with van der Waals surface area (Å²) < 4.78 is 5.37. The molecule has 0 radical (unpaired) electrons. The molecule has 1 heterocycles. The number of amides is 1. The molecular formula is C17H20N4O2. The summed E-state index contributed by atoms with van der Waals surface area (Å²) in [7, 11) is 0. The minimum Gasteiger partial charge on any atom is -0.334 e. The number of nitrogens with one attached hydrogen (secondary N) is 1. The predicted molar refractivity (Wildman–Crippen MR) is 85.4 cm³/mol. The van der Waals surface area contributed by atoms with E-state index in [1.165, 1.54) is 0 Å². The van der Waals surface area contributed by atoms with Crippen molar-refractivity contribution >= 4 is 11.6 Å². The van der Waals surface area contributed by atoms with Gasteiger partial charge in [-0.1, -0.05) is 18.0 Å². The second-order valence-electron chi connectivity index (χ2n) is 6.63. The predicted octanol–water partition coefficient (Wildman–Crippen LogP) is 2.81. The molecule has 120 valence electrons. The van der Waals surface area contributed by atoms with Gasteiger partial charge < -0.3 is 15.6 Å². The van der Waals surface area contributed by atoms with Crippen molar-refractivity contribution in [2.75, 3.05) is 5.32 Å². The molecule has 2 aliphatic carbocycles. The number of hydrogen-bond donors (Lipinski definition) is 2. The highest BCUT2D eigenvalue weighted by Gasteiger charge is 2.36. The van der Waals surface area contributed by atoms with E-state index in [0.29, 0.717) is 11.7 Å². The zero-order valence-electron chi connectivity index (χ0n) is 12.9. The van der Waals surface area contributed by atoms with Crippen LogP contribution in [0, 0.1) is 5.92 Å². The first kappa shape index (κ1) is 14.4. The fourth-order valence-electron chi connectivity index (χ4n) is 3.06.